The van der Waals surface area contributed by atoms with E-state index in [-0.39, 0.29) is 29.5 Å². The molecule has 0 saturated heterocycles. The van der Waals surface area contributed by atoms with E-state index in [1.54, 1.807) is 31.6 Å². The molecule has 0 atom stereocenters. The Labute approximate surface area is 159 Å². The van der Waals surface area contributed by atoms with Crippen LogP contribution in [0.1, 0.15) is 50.7 Å². The van der Waals surface area contributed by atoms with Gasteiger partial charge >= 0.3 is 0 Å². The molecule has 146 valence electrons. The minimum atomic E-state index is -0.602. The molecule has 2 rings (SSSR count). The molecule has 7 heteroatoms. The first-order valence-electron chi connectivity index (χ1n) is 8.90. The molecule has 0 fully saturated rings. The topological polar surface area (TPSA) is 67.2 Å². The zero-order valence-electron chi connectivity index (χ0n) is 16.7. The number of amides is 2. The summed E-state index contributed by atoms with van der Waals surface area (Å²) in [6.45, 7) is 9.50. The highest BCUT2D eigenvalue weighted by Crippen LogP contribution is 2.23. The smallest absolute Gasteiger partial charge is 0.257 e. The average Bonchev–Trinajstić information content (AvgIpc) is 2.93. The van der Waals surface area contributed by atoms with Crippen molar-refractivity contribution in [3.8, 4) is 0 Å². The van der Waals surface area contributed by atoms with Crippen LogP contribution >= 0.6 is 0 Å². The number of anilines is 1. The van der Waals surface area contributed by atoms with E-state index in [1.807, 2.05) is 26.8 Å². The summed E-state index contributed by atoms with van der Waals surface area (Å²) < 4.78 is 15.5. The zero-order chi connectivity index (χ0) is 20.4. The minimum Gasteiger partial charge on any atom is -0.327 e. The first kappa shape index (κ1) is 20.6. The number of nitrogens with zero attached hydrogens (tertiary/aromatic N) is 3. The molecule has 27 heavy (non-hydrogen) atoms. The third-order valence-electron chi connectivity index (χ3n) is 4.22. The summed E-state index contributed by atoms with van der Waals surface area (Å²) in [5.41, 5.74) is 0.656. The van der Waals surface area contributed by atoms with Crippen molar-refractivity contribution in [3.05, 3.63) is 47.4 Å². The summed E-state index contributed by atoms with van der Waals surface area (Å²) in [5.74, 6) is -0.933. The van der Waals surface area contributed by atoms with Crippen LogP contribution in [0.5, 0.6) is 0 Å². The van der Waals surface area contributed by atoms with Crippen molar-refractivity contribution in [2.75, 3.05) is 11.9 Å². The molecule has 1 aromatic heterocycles. The highest BCUT2D eigenvalue weighted by Gasteiger charge is 2.25. The zero-order valence-corrected chi connectivity index (χ0v) is 16.7. The molecule has 6 nitrogen and oxygen atoms in total. The van der Waals surface area contributed by atoms with Crippen LogP contribution in [0.2, 0.25) is 0 Å². The lowest BCUT2D eigenvalue weighted by Crippen LogP contribution is -2.42. The summed E-state index contributed by atoms with van der Waals surface area (Å²) in [7, 11) is 1.75. The molecule has 0 aliphatic rings. The fourth-order valence-corrected chi connectivity index (χ4v) is 2.57. The number of halogens is 1. The van der Waals surface area contributed by atoms with Gasteiger partial charge in [0.05, 0.1) is 11.3 Å². The summed E-state index contributed by atoms with van der Waals surface area (Å²) >= 11 is 0. The molecule has 0 radical (unpaired) electrons. The van der Waals surface area contributed by atoms with E-state index in [0.717, 1.165) is 5.69 Å². The lowest BCUT2D eigenvalue weighted by Gasteiger charge is -2.26. The number of aryl methyl sites for hydroxylation is 1. The predicted octanol–water partition coefficient (Wildman–Crippen LogP) is 3.35. The van der Waals surface area contributed by atoms with E-state index in [1.165, 1.54) is 23.1 Å². The second-order valence-corrected chi connectivity index (χ2v) is 7.84. The molecule has 1 N–H and O–H groups in total. The Bertz CT molecular complexity index is 837. The van der Waals surface area contributed by atoms with Crippen molar-refractivity contribution < 1.29 is 14.0 Å². The number of carbonyl (C=O) groups excluding carboxylic acids is 2. The van der Waals surface area contributed by atoms with Crippen LogP contribution in [-0.4, -0.2) is 39.1 Å². The van der Waals surface area contributed by atoms with Gasteiger partial charge in [-0.15, -0.1) is 0 Å². The van der Waals surface area contributed by atoms with E-state index in [9.17, 15) is 14.0 Å². The maximum atomic E-state index is 14.0. The third-order valence-corrected chi connectivity index (χ3v) is 4.22. The average molecular weight is 374 g/mol. The van der Waals surface area contributed by atoms with Gasteiger partial charge in [0.2, 0.25) is 5.91 Å². The lowest BCUT2D eigenvalue weighted by atomic mass is 9.92. The Kier molecular flexibility index (Phi) is 6.03. The molecule has 1 heterocycles. The van der Waals surface area contributed by atoms with E-state index in [0.29, 0.717) is 5.82 Å². The number of rotatable bonds is 5. The van der Waals surface area contributed by atoms with Crippen molar-refractivity contribution in [2.45, 2.75) is 46.1 Å². The first-order valence-corrected chi connectivity index (χ1v) is 8.90. The van der Waals surface area contributed by atoms with E-state index in [4.69, 9.17) is 0 Å². The first-order chi connectivity index (χ1) is 12.5. The van der Waals surface area contributed by atoms with Gasteiger partial charge in [0.25, 0.3) is 5.91 Å². The van der Waals surface area contributed by atoms with Crippen LogP contribution in [0, 0.1) is 5.82 Å². The molecule has 2 aromatic rings. The van der Waals surface area contributed by atoms with Gasteiger partial charge in [-0.05, 0) is 26.0 Å². The van der Waals surface area contributed by atoms with Gasteiger partial charge in [-0.25, -0.2) is 4.39 Å². The second kappa shape index (κ2) is 7.90. The SMILES string of the molecule is CC(C)N(CC(=O)Nc1cc(C(C)(C)C)nn1C)C(=O)c1ccccc1F. The number of aromatic nitrogens is 2. The number of benzene rings is 1. The molecule has 0 spiro atoms. The van der Waals surface area contributed by atoms with Crippen molar-refractivity contribution in [3.63, 3.8) is 0 Å². The van der Waals surface area contributed by atoms with Gasteiger partial charge < -0.3 is 10.2 Å². The van der Waals surface area contributed by atoms with Crippen molar-refractivity contribution >= 4 is 17.6 Å². The summed E-state index contributed by atoms with van der Waals surface area (Å²) in [6, 6.07) is 7.32. The molecule has 1 aromatic carbocycles. The number of nitrogens with one attached hydrogen (secondary N) is 1. The van der Waals surface area contributed by atoms with Gasteiger partial charge in [-0.3, -0.25) is 14.3 Å². The standard InChI is InChI=1S/C20H27FN4O2/c1-13(2)25(19(27)14-9-7-8-10-15(14)21)12-18(26)22-17-11-16(20(3,4)5)23-24(17)6/h7-11,13H,12H2,1-6H3,(H,22,26). The van der Waals surface area contributed by atoms with Crippen molar-refractivity contribution in [1.82, 2.24) is 14.7 Å². The molecule has 0 aliphatic heterocycles. The summed E-state index contributed by atoms with van der Waals surface area (Å²) in [5, 5.41) is 7.20. The molecule has 0 unspecified atom stereocenters. The highest BCUT2D eigenvalue weighted by atomic mass is 19.1. The number of hydrogen-bond acceptors (Lipinski definition) is 3. The van der Waals surface area contributed by atoms with Crippen molar-refractivity contribution in [1.29, 1.82) is 0 Å². The fourth-order valence-electron chi connectivity index (χ4n) is 2.57. The van der Waals surface area contributed by atoms with Crippen molar-refractivity contribution in [2.24, 2.45) is 7.05 Å². The Balaban J connectivity index is 2.15. The molecular formula is C20H27FN4O2. The molecule has 0 aliphatic carbocycles. The predicted molar refractivity (Wildman–Crippen MR) is 103 cm³/mol. The Morgan fingerprint density at radius 3 is 2.41 bits per heavy atom. The lowest BCUT2D eigenvalue weighted by molar-refractivity contribution is -0.117. The van der Waals surface area contributed by atoms with Crippen LogP contribution in [0.25, 0.3) is 0 Å². The maximum absolute atomic E-state index is 14.0. The largest absolute Gasteiger partial charge is 0.327 e. The van der Waals surface area contributed by atoms with E-state index in [2.05, 4.69) is 10.4 Å². The number of hydrogen-bond donors (Lipinski definition) is 1. The molecule has 0 bridgehead atoms. The Hall–Kier alpha value is -2.70. The Morgan fingerprint density at radius 2 is 1.89 bits per heavy atom. The third kappa shape index (κ3) is 4.93. The fraction of sp³-hybridized carbons (Fsp3) is 0.450. The van der Waals surface area contributed by atoms with Crippen LogP contribution in [0.15, 0.2) is 30.3 Å². The van der Waals surface area contributed by atoms with Crippen LogP contribution in [0.3, 0.4) is 0 Å². The number of carbonyl (C=O) groups is 2. The van der Waals surface area contributed by atoms with E-state index < -0.39 is 11.7 Å². The van der Waals surface area contributed by atoms with Crippen LogP contribution in [-0.2, 0) is 17.3 Å². The van der Waals surface area contributed by atoms with Gasteiger partial charge in [0.15, 0.2) is 0 Å². The molecular weight excluding hydrogens is 347 g/mol. The molecule has 2 amide bonds. The van der Waals surface area contributed by atoms with Gasteiger partial charge in [0.1, 0.15) is 18.2 Å². The highest BCUT2D eigenvalue weighted by molar-refractivity contribution is 5.99. The summed E-state index contributed by atoms with van der Waals surface area (Å²) in [6.07, 6.45) is 0. The van der Waals surface area contributed by atoms with Gasteiger partial charge in [-0.1, -0.05) is 32.9 Å². The Morgan fingerprint density at radius 1 is 1.26 bits per heavy atom. The molecule has 0 saturated carbocycles. The maximum Gasteiger partial charge on any atom is 0.257 e. The monoisotopic (exact) mass is 374 g/mol. The quantitative estimate of drug-likeness (QED) is 0.873. The van der Waals surface area contributed by atoms with Gasteiger partial charge in [-0.2, -0.15) is 5.10 Å². The normalized spacial score (nSPS) is 11.6. The summed E-state index contributed by atoms with van der Waals surface area (Å²) in [4.78, 5) is 26.5. The van der Waals surface area contributed by atoms with E-state index >= 15 is 0 Å². The minimum absolute atomic E-state index is 0.0467. The van der Waals surface area contributed by atoms with Crippen LogP contribution < -0.4 is 5.32 Å². The second-order valence-electron chi connectivity index (χ2n) is 7.84. The van der Waals surface area contributed by atoms with Gasteiger partial charge in [0, 0.05) is 24.6 Å². The van der Waals surface area contributed by atoms with Crippen LogP contribution in [0.4, 0.5) is 10.2 Å².